The topological polar surface area (TPSA) is 77.5 Å². The number of rotatable bonds is 2. The number of hydrogen-bond donors (Lipinski definition) is 0. The van der Waals surface area contributed by atoms with E-state index in [1.807, 2.05) is 0 Å². The monoisotopic (exact) mass is 233 g/mol. The Labute approximate surface area is 68.5 Å². The molecule has 0 fully saturated rings. The maximum absolute atomic E-state index is 9.81. The molecule has 0 bridgehead atoms. The molecular weight excluding hydrogens is 231 g/mol. The first-order valence-electron chi connectivity index (χ1n) is 1.87. The third-order valence-electron chi connectivity index (χ3n) is 0.394. The van der Waals surface area contributed by atoms with E-state index in [4.69, 9.17) is 0 Å². The summed E-state index contributed by atoms with van der Waals surface area (Å²) in [6, 6.07) is 0. The first-order chi connectivity index (χ1) is 4.20. The third-order valence-corrected chi connectivity index (χ3v) is 0.394. The van der Waals surface area contributed by atoms with E-state index in [-0.39, 0.29) is 32.1 Å². The van der Waals surface area contributed by atoms with Gasteiger partial charge in [-0.2, -0.15) is 0 Å². The molecule has 0 aliphatic heterocycles. The van der Waals surface area contributed by atoms with Crippen LogP contribution in [0.1, 0.15) is 0 Å². The second kappa shape index (κ2) is 6.23. The number of carbonyl (C=O) groups excluding carboxylic acids is 4. The van der Waals surface area contributed by atoms with E-state index in [1.54, 1.807) is 0 Å². The van der Waals surface area contributed by atoms with Gasteiger partial charge in [0.1, 0.15) is 0 Å². The Morgan fingerprint density at radius 1 is 1.00 bits per heavy atom. The molecular formula is C4H2O5Rh. The normalized spacial score (nSPS) is 6.80. The maximum Gasteiger partial charge on any atom is 0.379 e. The fourth-order valence-electron chi connectivity index (χ4n) is 0.147. The predicted molar refractivity (Wildman–Crippen MR) is 23.2 cm³/mol. The summed E-state index contributed by atoms with van der Waals surface area (Å²) in [5.41, 5.74) is 0. The fraction of sp³-hybridized carbons (Fsp3) is 0. The van der Waals surface area contributed by atoms with E-state index >= 15 is 0 Å². The van der Waals surface area contributed by atoms with Crippen LogP contribution in [-0.2, 0) is 43.4 Å². The molecule has 0 aliphatic rings. The first-order valence-corrected chi connectivity index (χ1v) is 1.87. The van der Waals surface area contributed by atoms with Gasteiger partial charge in [0.25, 0.3) is 0 Å². The summed E-state index contributed by atoms with van der Waals surface area (Å²) in [7, 11) is 0. The maximum atomic E-state index is 9.81. The molecule has 0 unspecified atom stereocenters. The van der Waals surface area contributed by atoms with Crippen molar-refractivity contribution in [2.75, 3.05) is 0 Å². The molecule has 0 aromatic rings. The second-order valence-corrected chi connectivity index (χ2v) is 0.976. The molecule has 0 saturated carbocycles. The van der Waals surface area contributed by atoms with Gasteiger partial charge in [-0.05, 0) is 0 Å². The molecule has 0 rings (SSSR count). The predicted octanol–water partition coefficient (Wildman–Crippen LogP) is -1.55. The van der Waals surface area contributed by atoms with Crippen LogP contribution in [0.3, 0.4) is 0 Å². The minimum Gasteiger partial charge on any atom is -0.382 e. The van der Waals surface area contributed by atoms with Crippen molar-refractivity contribution in [1.82, 2.24) is 0 Å². The van der Waals surface area contributed by atoms with Gasteiger partial charge >= 0.3 is 11.9 Å². The van der Waals surface area contributed by atoms with Gasteiger partial charge in [-0.3, -0.25) is 9.59 Å². The van der Waals surface area contributed by atoms with Crippen molar-refractivity contribution in [2.24, 2.45) is 0 Å². The Kier molecular flexibility index (Phi) is 7.38. The molecule has 0 spiro atoms. The zero-order chi connectivity index (χ0) is 7.28. The summed E-state index contributed by atoms with van der Waals surface area (Å²) in [6.07, 6.45) is -0.414. The average Bonchev–Trinajstić information content (AvgIpc) is 1.87. The largest absolute Gasteiger partial charge is 0.382 e. The molecule has 0 N–H and O–H groups in total. The Hall–Kier alpha value is -0.897. The van der Waals surface area contributed by atoms with Crippen LogP contribution in [0, 0.1) is 0 Å². The van der Waals surface area contributed by atoms with E-state index in [0.29, 0.717) is 0 Å². The summed E-state index contributed by atoms with van der Waals surface area (Å²) in [5, 5.41) is 0. The number of carbonyl (C=O) groups is 4. The molecule has 0 amide bonds. The van der Waals surface area contributed by atoms with Gasteiger partial charge in [0.2, 0.25) is 12.6 Å². The van der Waals surface area contributed by atoms with Gasteiger partial charge in [-0.25, -0.2) is 9.59 Å². The molecule has 0 atom stereocenters. The van der Waals surface area contributed by atoms with Crippen LogP contribution in [0.5, 0.6) is 0 Å². The van der Waals surface area contributed by atoms with Crippen LogP contribution in [-0.4, -0.2) is 24.5 Å². The number of aldehydes is 2. The molecule has 0 aromatic carbocycles. The van der Waals surface area contributed by atoms with Gasteiger partial charge in [-0.1, -0.05) is 0 Å². The van der Waals surface area contributed by atoms with Crippen LogP contribution < -0.4 is 0 Å². The quantitative estimate of drug-likeness (QED) is 0.190. The molecule has 57 valence electrons. The zero-order valence-corrected chi connectivity index (χ0v) is 6.17. The molecule has 0 aromatic heterocycles. The van der Waals surface area contributed by atoms with Crippen LogP contribution in [0.25, 0.3) is 0 Å². The van der Waals surface area contributed by atoms with Crippen molar-refractivity contribution in [1.29, 1.82) is 0 Å². The van der Waals surface area contributed by atoms with Gasteiger partial charge in [0.15, 0.2) is 0 Å². The van der Waals surface area contributed by atoms with Gasteiger partial charge < -0.3 is 4.74 Å². The van der Waals surface area contributed by atoms with Crippen molar-refractivity contribution in [3.8, 4) is 0 Å². The molecule has 5 nitrogen and oxygen atoms in total. The van der Waals surface area contributed by atoms with E-state index in [9.17, 15) is 19.2 Å². The van der Waals surface area contributed by atoms with Crippen molar-refractivity contribution >= 4 is 24.5 Å². The molecule has 10 heavy (non-hydrogen) atoms. The smallest absolute Gasteiger partial charge is 0.379 e. The summed E-state index contributed by atoms with van der Waals surface area (Å²) >= 11 is 0. The van der Waals surface area contributed by atoms with Crippen LogP contribution >= 0.6 is 0 Å². The fourth-order valence-corrected chi connectivity index (χ4v) is 0.147. The Morgan fingerprint density at radius 3 is 1.50 bits per heavy atom. The van der Waals surface area contributed by atoms with Crippen LogP contribution in [0.2, 0.25) is 0 Å². The van der Waals surface area contributed by atoms with Crippen LogP contribution in [0.15, 0.2) is 0 Å². The van der Waals surface area contributed by atoms with Gasteiger partial charge in [-0.15, -0.1) is 0 Å². The summed E-state index contributed by atoms with van der Waals surface area (Å²) < 4.78 is 3.53. The summed E-state index contributed by atoms with van der Waals surface area (Å²) in [5.74, 6) is -2.74. The summed E-state index contributed by atoms with van der Waals surface area (Å²) in [6.45, 7) is 0. The van der Waals surface area contributed by atoms with Gasteiger partial charge in [0, 0.05) is 19.5 Å². The van der Waals surface area contributed by atoms with E-state index in [1.165, 1.54) is 0 Å². The number of esters is 2. The van der Waals surface area contributed by atoms with Crippen molar-refractivity contribution < 1.29 is 43.4 Å². The number of hydrogen-bond acceptors (Lipinski definition) is 5. The third kappa shape index (κ3) is 5.24. The Bertz CT molecular complexity index is 145. The minimum atomic E-state index is -1.37. The van der Waals surface area contributed by atoms with E-state index in [2.05, 4.69) is 4.74 Å². The van der Waals surface area contributed by atoms with E-state index < -0.39 is 11.9 Å². The molecule has 6 heteroatoms. The van der Waals surface area contributed by atoms with Crippen LogP contribution in [0.4, 0.5) is 0 Å². The Balaban J connectivity index is 0. The summed E-state index contributed by atoms with van der Waals surface area (Å²) in [4.78, 5) is 38.4. The van der Waals surface area contributed by atoms with E-state index in [0.717, 1.165) is 0 Å². The Morgan fingerprint density at radius 2 is 1.30 bits per heavy atom. The molecule has 0 saturated heterocycles. The standard InChI is InChI=1S/C4H2O5.Rh/c5-1-3(7)9-4(8)2-6;/h1-2H;. The first kappa shape index (κ1) is 11.8. The van der Waals surface area contributed by atoms with Gasteiger partial charge in [0.05, 0.1) is 0 Å². The molecule has 1 radical (unpaired) electrons. The minimum absolute atomic E-state index is 0. The van der Waals surface area contributed by atoms with Crippen molar-refractivity contribution in [2.45, 2.75) is 0 Å². The van der Waals surface area contributed by atoms with Crippen molar-refractivity contribution in [3.05, 3.63) is 0 Å². The molecule has 0 heterocycles. The second-order valence-electron chi connectivity index (χ2n) is 0.976. The van der Waals surface area contributed by atoms with Crippen molar-refractivity contribution in [3.63, 3.8) is 0 Å². The molecule has 0 aliphatic carbocycles. The average molecular weight is 233 g/mol. The number of ether oxygens (including phenoxy) is 1. The zero-order valence-electron chi connectivity index (χ0n) is 4.53. The SMILES string of the molecule is O=CC(=O)OC(=O)C=O.[Rh].